The molecule has 2 rings (SSSR count). The third kappa shape index (κ3) is 6.70. The second-order valence-electron chi connectivity index (χ2n) is 6.26. The van der Waals surface area contributed by atoms with Crippen molar-refractivity contribution >= 4 is 0 Å². The standard InChI is InChI=1S/C8H18N2.C7H16N2/c1-3-10-6-4-5-9(2)7-8-10;1-8(2)7-4-5-9(3)6-7/h3-8H2,1-2H3;7H,4-6H2,1-3H3. The number of hydrogen-bond donors (Lipinski definition) is 0. The van der Waals surface area contributed by atoms with Crippen molar-refractivity contribution in [2.24, 2.45) is 0 Å². The van der Waals surface area contributed by atoms with Gasteiger partial charge in [-0.05, 0) is 67.2 Å². The van der Waals surface area contributed by atoms with Crippen molar-refractivity contribution in [3.05, 3.63) is 0 Å². The van der Waals surface area contributed by atoms with Gasteiger partial charge in [0.2, 0.25) is 0 Å². The smallest absolute Gasteiger partial charge is 0.0229 e. The van der Waals surface area contributed by atoms with Gasteiger partial charge in [0, 0.05) is 25.7 Å². The van der Waals surface area contributed by atoms with Crippen LogP contribution in [0.15, 0.2) is 0 Å². The molecule has 2 saturated heterocycles. The van der Waals surface area contributed by atoms with E-state index in [-0.39, 0.29) is 0 Å². The van der Waals surface area contributed by atoms with E-state index in [4.69, 9.17) is 0 Å². The Morgan fingerprint density at radius 3 is 2.16 bits per heavy atom. The summed E-state index contributed by atoms with van der Waals surface area (Å²) in [5.41, 5.74) is 0. The normalized spacial score (nSPS) is 27.2. The van der Waals surface area contributed by atoms with Crippen LogP contribution in [0.1, 0.15) is 19.8 Å². The molecular weight excluding hydrogens is 236 g/mol. The number of hydrogen-bond acceptors (Lipinski definition) is 4. The van der Waals surface area contributed by atoms with E-state index in [1.807, 2.05) is 0 Å². The molecule has 0 aromatic rings. The van der Waals surface area contributed by atoms with Crippen LogP contribution < -0.4 is 0 Å². The third-order valence-corrected chi connectivity index (χ3v) is 4.36. The van der Waals surface area contributed by atoms with E-state index < -0.39 is 0 Å². The predicted octanol–water partition coefficient (Wildman–Crippen LogP) is 0.896. The maximum Gasteiger partial charge on any atom is 0.0229 e. The lowest BCUT2D eigenvalue weighted by molar-refractivity contribution is 0.288. The molecule has 4 heteroatoms. The molecule has 2 fully saturated rings. The van der Waals surface area contributed by atoms with Gasteiger partial charge in [-0.2, -0.15) is 0 Å². The Hall–Kier alpha value is -0.160. The number of rotatable bonds is 2. The maximum atomic E-state index is 2.52. The van der Waals surface area contributed by atoms with E-state index in [1.165, 1.54) is 58.7 Å². The topological polar surface area (TPSA) is 13.0 Å². The minimum atomic E-state index is 0.801. The van der Waals surface area contributed by atoms with Crippen molar-refractivity contribution < 1.29 is 0 Å². The first-order valence-electron chi connectivity index (χ1n) is 7.78. The van der Waals surface area contributed by atoms with Gasteiger partial charge in [-0.25, -0.2) is 0 Å². The highest BCUT2D eigenvalue weighted by Gasteiger charge is 2.20. The van der Waals surface area contributed by atoms with E-state index in [0.717, 1.165) is 6.04 Å². The molecule has 0 radical (unpaired) electrons. The van der Waals surface area contributed by atoms with E-state index >= 15 is 0 Å². The molecule has 0 bridgehead atoms. The van der Waals surface area contributed by atoms with E-state index in [0.29, 0.717) is 0 Å². The Labute approximate surface area is 120 Å². The lowest BCUT2D eigenvalue weighted by atomic mass is 10.2. The molecule has 2 aliphatic rings. The average Bonchev–Trinajstić information content (AvgIpc) is 2.70. The van der Waals surface area contributed by atoms with Gasteiger partial charge in [0.05, 0.1) is 0 Å². The summed E-state index contributed by atoms with van der Waals surface area (Å²) < 4.78 is 0. The van der Waals surface area contributed by atoms with Crippen LogP contribution in [0, 0.1) is 0 Å². The Bertz CT molecular complexity index is 232. The monoisotopic (exact) mass is 270 g/mol. The van der Waals surface area contributed by atoms with Gasteiger partial charge in [0.25, 0.3) is 0 Å². The van der Waals surface area contributed by atoms with Gasteiger partial charge in [0.15, 0.2) is 0 Å². The molecule has 1 atom stereocenters. The van der Waals surface area contributed by atoms with Crippen molar-refractivity contribution in [3.63, 3.8) is 0 Å². The molecule has 114 valence electrons. The molecule has 0 amide bonds. The van der Waals surface area contributed by atoms with Crippen LogP contribution in [-0.4, -0.2) is 99.6 Å². The Morgan fingerprint density at radius 2 is 1.68 bits per heavy atom. The molecule has 1 unspecified atom stereocenters. The summed E-state index contributed by atoms with van der Waals surface area (Å²) in [6.45, 7) is 11.0. The highest BCUT2D eigenvalue weighted by atomic mass is 15.2. The fourth-order valence-electron chi connectivity index (χ4n) is 2.75. The summed E-state index contributed by atoms with van der Waals surface area (Å²) in [6, 6.07) is 0.801. The molecule has 19 heavy (non-hydrogen) atoms. The van der Waals surface area contributed by atoms with Crippen LogP contribution in [-0.2, 0) is 0 Å². The zero-order valence-electron chi connectivity index (χ0n) is 13.7. The van der Waals surface area contributed by atoms with Crippen LogP contribution in [0.5, 0.6) is 0 Å². The van der Waals surface area contributed by atoms with Gasteiger partial charge < -0.3 is 19.6 Å². The summed E-state index contributed by atoms with van der Waals surface area (Å²) >= 11 is 0. The molecular formula is C15H34N4. The molecule has 0 aliphatic carbocycles. The van der Waals surface area contributed by atoms with Gasteiger partial charge in [-0.15, -0.1) is 0 Å². The molecule has 0 N–H and O–H groups in total. The molecule has 0 aromatic carbocycles. The maximum absolute atomic E-state index is 2.52. The Kier molecular flexibility index (Phi) is 7.91. The zero-order chi connectivity index (χ0) is 14.3. The second-order valence-corrected chi connectivity index (χ2v) is 6.26. The zero-order valence-corrected chi connectivity index (χ0v) is 13.7. The van der Waals surface area contributed by atoms with Gasteiger partial charge in [-0.3, -0.25) is 0 Å². The molecule has 2 heterocycles. The van der Waals surface area contributed by atoms with Crippen molar-refractivity contribution in [1.82, 2.24) is 19.6 Å². The minimum Gasteiger partial charge on any atom is -0.305 e. The van der Waals surface area contributed by atoms with Crippen LogP contribution in [0.3, 0.4) is 0 Å². The highest BCUT2D eigenvalue weighted by molar-refractivity contribution is 4.77. The van der Waals surface area contributed by atoms with Crippen LogP contribution in [0.25, 0.3) is 0 Å². The van der Waals surface area contributed by atoms with Gasteiger partial charge in [0.1, 0.15) is 0 Å². The minimum absolute atomic E-state index is 0.801. The molecule has 2 aliphatic heterocycles. The van der Waals surface area contributed by atoms with Crippen LogP contribution >= 0.6 is 0 Å². The van der Waals surface area contributed by atoms with Crippen molar-refractivity contribution in [3.8, 4) is 0 Å². The first-order valence-corrected chi connectivity index (χ1v) is 7.78. The summed E-state index contributed by atoms with van der Waals surface area (Å²) in [5, 5.41) is 0. The first-order chi connectivity index (χ1) is 9.02. The fourth-order valence-corrected chi connectivity index (χ4v) is 2.75. The summed E-state index contributed by atoms with van der Waals surface area (Å²) in [4.78, 5) is 9.62. The molecule has 0 saturated carbocycles. The number of likely N-dealkylation sites (tertiary alicyclic amines) is 1. The molecule has 0 aromatic heterocycles. The van der Waals surface area contributed by atoms with Gasteiger partial charge >= 0.3 is 0 Å². The van der Waals surface area contributed by atoms with Gasteiger partial charge in [-0.1, -0.05) is 6.92 Å². The van der Waals surface area contributed by atoms with Crippen molar-refractivity contribution in [2.75, 3.05) is 74.0 Å². The quantitative estimate of drug-likeness (QED) is 0.739. The van der Waals surface area contributed by atoms with Crippen LogP contribution in [0.4, 0.5) is 0 Å². The molecule has 4 nitrogen and oxygen atoms in total. The highest BCUT2D eigenvalue weighted by Crippen LogP contribution is 2.09. The predicted molar refractivity (Wildman–Crippen MR) is 83.8 cm³/mol. The largest absolute Gasteiger partial charge is 0.305 e. The number of nitrogens with zero attached hydrogens (tertiary/aromatic N) is 4. The SMILES string of the molecule is CCN1CCCN(C)CC1.CN1CCC(N(C)C)C1. The third-order valence-electron chi connectivity index (χ3n) is 4.36. The first kappa shape index (κ1) is 16.9. The number of likely N-dealkylation sites (N-methyl/N-ethyl adjacent to an activating group) is 4. The second kappa shape index (κ2) is 8.90. The molecule has 0 spiro atoms. The Morgan fingerprint density at radius 1 is 0.947 bits per heavy atom. The summed E-state index contributed by atoms with van der Waals surface area (Å²) in [5.74, 6) is 0. The Balaban J connectivity index is 0.000000191. The van der Waals surface area contributed by atoms with Crippen LogP contribution in [0.2, 0.25) is 0 Å². The fraction of sp³-hybridized carbons (Fsp3) is 1.00. The summed E-state index contributed by atoms with van der Waals surface area (Å²) in [7, 11) is 8.70. The van der Waals surface area contributed by atoms with E-state index in [9.17, 15) is 0 Å². The lowest BCUT2D eigenvalue weighted by Gasteiger charge is -2.17. The lowest BCUT2D eigenvalue weighted by Crippen LogP contribution is -2.30. The average molecular weight is 270 g/mol. The van der Waals surface area contributed by atoms with E-state index in [2.05, 4.69) is 54.7 Å². The summed E-state index contributed by atoms with van der Waals surface area (Å²) in [6.07, 6.45) is 2.67. The van der Waals surface area contributed by atoms with Crippen molar-refractivity contribution in [1.29, 1.82) is 0 Å². The van der Waals surface area contributed by atoms with Crippen molar-refractivity contribution in [2.45, 2.75) is 25.8 Å². The van der Waals surface area contributed by atoms with E-state index in [1.54, 1.807) is 0 Å².